The summed E-state index contributed by atoms with van der Waals surface area (Å²) in [6, 6.07) is 5.20. The minimum atomic E-state index is -4.25. The van der Waals surface area contributed by atoms with Gasteiger partial charge in [0, 0.05) is 0 Å². The minimum Gasteiger partial charge on any atom is -0.166 e. The van der Waals surface area contributed by atoms with Gasteiger partial charge < -0.3 is 0 Å². The second-order valence-electron chi connectivity index (χ2n) is 3.35. The normalized spacial score (nSPS) is 12.2. The molecule has 0 unspecified atom stereocenters. The average Bonchev–Trinajstić information content (AvgIpc) is 2.24. The fourth-order valence-corrected chi connectivity index (χ4v) is 1.64. The highest BCUT2D eigenvalue weighted by molar-refractivity contribution is 14.1. The summed E-state index contributed by atoms with van der Waals surface area (Å²) in [7, 11) is 0. The van der Waals surface area contributed by atoms with Gasteiger partial charge in [-0.1, -0.05) is 46.9 Å². The highest BCUT2D eigenvalue weighted by Crippen LogP contribution is 2.29. The van der Waals surface area contributed by atoms with Crippen LogP contribution in [0.15, 0.2) is 30.3 Å². The molecule has 0 nitrogen and oxygen atoms in total. The third-order valence-corrected chi connectivity index (χ3v) is 2.82. The monoisotopic (exact) mass is 340 g/mol. The first-order valence-electron chi connectivity index (χ1n) is 4.94. The quantitative estimate of drug-likeness (QED) is 0.414. The maximum atomic E-state index is 12.3. The lowest BCUT2D eigenvalue weighted by Gasteiger charge is -2.05. The van der Waals surface area contributed by atoms with Crippen LogP contribution in [0.1, 0.15) is 24.0 Å². The van der Waals surface area contributed by atoms with Crippen molar-refractivity contribution < 1.29 is 13.2 Å². The number of hydrogen-bond acceptors (Lipinski definition) is 0. The van der Waals surface area contributed by atoms with Crippen LogP contribution in [0.25, 0.3) is 6.08 Å². The Morgan fingerprint density at radius 2 is 1.75 bits per heavy atom. The fourth-order valence-electron chi connectivity index (χ4n) is 1.20. The van der Waals surface area contributed by atoms with E-state index in [0.717, 1.165) is 35.0 Å². The van der Waals surface area contributed by atoms with Crippen molar-refractivity contribution in [2.45, 2.75) is 19.0 Å². The van der Waals surface area contributed by atoms with Gasteiger partial charge in [0.2, 0.25) is 0 Å². The summed E-state index contributed by atoms with van der Waals surface area (Å²) in [5.74, 6) is 0. The van der Waals surface area contributed by atoms with Crippen molar-refractivity contribution in [2.75, 3.05) is 4.43 Å². The van der Waals surface area contributed by atoms with E-state index in [0.29, 0.717) is 0 Å². The maximum Gasteiger partial charge on any atom is 0.416 e. The summed E-state index contributed by atoms with van der Waals surface area (Å²) in [6.45, 7) is 0. The van der Waals surface area contributed by atoms with E-state index < -0.39 is 11.7 Å². The number of allylic oxidation sites excluding steroid dienone is 1. The summed E-state index contributed by atoms with van der Waals surface area (Å²) >= 11 is 2.30. The van der Waals surface area contributed by atoms with Crippen LogP contribution in [0.5, 0.6) is 0 Å². The van der Waals surface area contributed by atoms with Gasteiger partial charge in [0.15, 0.2) is 0 Å². The van der Waals surface area contributed by atoms with Crippen molar-refractivity contribution >= 4 is 28.7 Å². The number of hydrogen-bond donors (Lipinski definition) is 0. The Morgan fingerprint density at radius 3 is 2.25 bits per heavy atom. The SMILES string of the molecule is FC(F)(F)c1ccc(/C=C/CCCI)cc1. The Bertz CT molecular complexity index is 338. The molecule has 4 heteroatoms. The van der Waals surface area contributed by atoms with E-state index in [1.807, 2.05) is 12.2 Å². The predicted molar refractivity (Wildman–Crippen MR) is 68.6 cm³/mol. The van der Waals surface area contributed by atoms with Gasteiger partial charge in [-0.2, -0.15) is 13.2 Å². The summed E-state index contributed by atoms with van der Waals surface area (Å²) in [5.41, 5.74) is 0.207. The maximum absolute atomic E-state index is 12.3. The zero-order chi connectivity index (χ0) is 12.0. The zero-order valence-corrected chi connectivity index (χ0v) is 10.8. The van der Waals surface area contributed by atoms with Crippen LogP contribution in [0.4, 0.5) is 13.2 Å². The first-order valence-corrected chi connectivity index (χ1v) is 6.46. The fraction of sp³-hybridized carbons (Fsp3) is 0.333. The molecule has 0 atom stereocenters. The van der Waals surface area contributed by atoms with Crippen molar-refractivity contribution in [3.8, 4) is 0 Å². The summed E-state index contributed by atoms with van der Waals surface area (Å²) in [5, 5.41) is 0. The van der Waals surface area contributed by atoms with Gasteiger partial charge in [-0.3, -0.25) is 0 Å². The highest BCUT2D eigenvalue weighted by Gasteiger charge is 2.29. The molecule has 0 bridgehead atoms. The Kier molecular flexibility index (Phi) is 5.31. The first-order chi connectivity index (χ1) is 7.54. The molecule has 0 fully saturated rings. The summed E-state index contributed by atoms with van der Waals surface area (Å²) < 4.78 is 37.9. The zero-order valence-electron chi connectivity index (χ0n) is 8.60. The van der Waals surface area contributed by atoms with Gasteiger partial charge in [0.25, 0.3) is 0 Å². The van der Waals surface area contributed by atoms with Crippen molar-refractivity contribution in [3.05, 3.63) is 41.5 Å². The predicted octanol–water partition coefficient (Wildman–Crippen LogP) is 4.93. The average molecular weight is 340 g/mol. The van der Waals surface area contributed by atoms with E-state index in [1.165, 1.54) is 12.1 Å². The second-order valence-corrected chi connectivity index (χ2v) is 4.43. The van der Waals surface area contributed by atoms with E-state index in [-0.39, 0.29) is 0 Å². The second kappa shape index (κ2) is 6.27. The number of benzene rings is 1. The van der Waals surface area contributed by atoms with E-state index >= 15 is 0 Å². The lowest BCUT2D eigenvalue weighted by Crippen LogP contribution is -2.03. The van der Waals surface area contributed by atoms with Crippen LogP contribution < -0.4 is 0 Å². The molecule has 0 aliphatic heterocycles. The van der Waals surface area contributed by atoms with Gasteiger partial charge in [0.1, 0.15) is 0 Å². The number of halogens is 4. The number of unbranched alkanes of at least 4 members (excludes halogenated alkanes) is 1. The molecule has 0 aliphatic rings. The molecule has 0 N–H and O–H groups in total. The standard InChI is InChI=1S/C12H12F3I/c13-12(14,15)11-7-5-10(6-8-11)4-2-1-3-9-16/h2,4-8H,1,3,9H2/b4-2+. The van der Waals surface area contributed by atoms with Gasteiger partial charge in [-0.25, -0.2) is 0 Å². The van der Waals surface area contributed by atoms with Crippen molar-refractivity contribution in [1.29, 1.82) is 0 Å². The topological polar surface area (TPSA) is 0 Å². The highest BCUT2D eigenvalue weighted by atomic mass is 127. The Balaban J connectivity index is 2.61. The molecule has 1 aromatic rings. The number of rotatable bonds is 4. The number of alkyl halides is 4. The van der Waals surface area contributed by atoms with Gasteiger partial charge in [0.05, 0.1) is 5.56 Å². The molecule has 0 aromatic heterocycles. The Morgan fingerprint density at radius 1 is 1.12 bits per heavy atom. The summed E-state index contributed by atoms with van der Waals surface area (Å²) in [4.78, 5) is 0. The minimum absolute atomic E-state index is 0.600. The lowest BCUT2D eigenvalue weighted by atomic mass is 10.1. The molecule has 0 amide bonds. The van der Waals surface area contributed by atoms with Gasteiger partial charge in [-0.15, -0.1) is 0 Å². The van der Waals surface area contributed by atoms with Gasteiger partial charge >= 0.3 is 6.18 Å². The van der Waals surface area contributed by atoms with E-state index in [2.05, 4.69) is 22.6 Å². The molecule has 1 aromatic carbocycles. The van der Waals surface area contributed by atoms with Crippen LogP contribution in [0.3, 0.4) is 0 Å². The van der Waals surface area contributed by atoms with E-state index in [4.69, 9.17) is 0 Å². The molecule has 0 saturated heterocycles. The molecule has 88 valence electrons. The molecule has 0 saturated carbocycles. The van der Waals surface area contributed by atoms with Crippen LogP contribution in [-0.2, 0) is 6.18 Å². The molecular formula is C12H12F3I. The summed E-state index contributed by atoms with van der Waals surface area (Å²) in [6.07, 6.45) is 1.65. The van der Waals surface area contributed by atoms with Crippen molar-refractivity contribution in [1.82, 2.24) is 0 Å². The molecule has 16 heavy (non-hydrogen) atoms. The Hall–Kier alpha value is -0.520. The smallest absolute Gasteiger partial charge is 0.166 e. The van der Waals surface area contributed by atoms with Crippen molar-refractivity contribution in [3.63, 3.8) is 0 Å². The lowest BCUT2D eigenvalue weighted by molar-refractivity contribution is -0.137. The van der Waals surface area contributed by atoms with Gasteiger partial charge in [-0.05, 0) is 35.0 Å². The molecule has 0 spiro atoms. The van der Waals surface area contributed by atoms with Crippen LogP contribution >= 0.6 is 22.6 Å². The van der Waals surface area contributed by atoms with Crippen molar-refractivity contribution in [2.24, 2.45) is 0 Å². The third kappa shape index (κ3) is 4.55. The largest absolute Gasteiger partial charge is 0.416 e. The van der Waals surface area contributed by atoms with E-state index in [1.54, 1.807) is 0 Å². The third-order valence-electron chi connectivity index (χ3n) is 2.05. The van der Waals surface area contributed by atoms with Crippen LogP contribution in [-0.4, -0.2) is 4.43 Å². The van der Waals surface area contributed by atoms with E-state index in [9.17, 15) is 13.2 Å². The molecular weight excluding hydrogens is 328 g/mol. The van der Waals surface area contributed by atoms with Crippen LogP contribution in [0, 0.1) is 0 Å². The molecule has 0 radical (unpaired) electrons. The molecule has 0 heterocycles. The molecule has 1 rings (SSSR count). The Labute approximate surface area is 107 Å². The first kappa shape index (κ1) is 13.5. The molecule has 0 aliphatic carbocycles. The van der Waals surface area contributed by atoms with Crippen LogP contribution in [0.2, 0.25) is 0 Å².